The largest absolute Gasteiger partial charge is 0.390 e. The number of carbonyl (C=O) groups is 1. The van der Waals surface area contributed by atoms with Gasteiger partial charge in [0.2, 0.25) is 10.0 Å². The Hall–Kier alpha value is -3.12. The molecule has 3 aromatic rings. The number of hydrogen-bond acceptors (Lipinski definition) is 7. The van der Waals surface area contributed by atoms with Gasteiger partial charge < -0.3 is 15.5 Å². The number of sulfonamides is 1. The highest BCUT2D eigenvalue weighted by molar-refractivity contribution is 7.89. The molecule has 11 heteroatoms. The zero-order chi connectivity index (χ0) is 26.1. The van der Waals surface area contributed by atoms with Crippen LogP contribution < -0.4 is 10.5 Å². The third-order valence-electron chi connectivity index (χ3n) is 5.84. The molecular weight excluding hydrogens is 482 g/mol. The number of hydrogen-bond donors (Lipinski definition) is 4. The van der Waals surface area contributed by atoms with E-state index in [1.165, 1.54) is 24.3 Å². The van der Waals surface area contributed by atoms with Crippen LogP contribution in [0, 0.1) is 0 Å². The minimum atomic E-state index is -3.82. The third-order valence-corrected chi connectivity index (χ3v) is 6.77. The standard InChI is InChI=1S/C25H33N5O5S/c1-2-3-4-5-6-23(31)24(32)19-9-7-18(8-10-19)16-30-17-21(28-29-30)15-27-25(33)20-11-13-22(14-12-20)36(26,34)35/h7-14,17,23-24,31-32H,2-6,15-16H2,1H3,(H,27,33)(H2,26,34,35)/t23-,24+/m1/s1. The Morgan fingerprint density at radius 1 is 1.06 bits per heavy atom. The van der Waals surface area contributed by atoms with Gasteiger partial charge in [0.25, 0.3) is 5.91 Å². The first-order valence-electron chi connectivity index (χ1n) is 11.9. The van der Waals surface area contributed by atoms with E-state index in [9.17, 15) is 23.4 Å². The molecule has 0 spiro atoms. The fraction of sp³-hybridized carbons (Fsp3) is 0.400. The molecule has 0 bridgehead atoms. The molecule has 0 saturated carbocycles. The zero-order valence-corrected chi connectivity index (χ0v) is 21.1. The van der Waals surface area contributed by atoms with Crippen LogP contribution in [0.3, 0.4) is 0 Å². The number of primary sulfonamides is 1. The summed E-state index contributed by atoms with van der Waals surface area (Å²) in [7, 11) is -3.82. The van der Waals surface area contributed by atoms with Crippen LogP contribution in [-0.4, -0.2) is 45.6 Å². The number of aliphatic hydroxyl groups is 2. The highest BCUT2D eigenvalue weighted by atomic mass is 32.2. The summed E-state index contributed by atoms with van der Waals surface area (Å²) in [5, 5.41) is 36.6. The van der Waals surface area contributed by atoms with Gasteiger partial charge in [-0.3, -0.25) is 4.79 Å². The topological polar surface area (TPSA) is 160 Å². The van der Waals surface area contributed by atoms with E-state index in [0.717, 1.165) is 31.2 Å². The summed E-state index contributed by atoms with van der Waals surface area (Å²) in [5.41, 5.74) is 2.46. The van der Waals surface area contributed by atoms with E-state index in [2.05, 4.69) is 22.6 Å². The molecule has 194 valence electrons. The molecule has 10 nitrogen and oxygen atoms in total. The van der Waals surface area contributed by atoms with E-state index >= 15 is 0 Å². The summed E-state index contributed by atoms with van der Waals surface area (Å²) in [4.78, 5) is 12.2. The van der Waals surface area contributed by atoms with Crippen molar-refractivity contribution in [3.63, 3.8) is 0 Å². The molecule has 0 aliphatic heterocycles. The van der Waals surface area contributed by atoms with Crippen LogP contribution in [0.25, 0.3) is 0 Å². The molecule has 1 aromatic heterocycles. The molecule has 0 saturated heterocycles. The number of unbranched alkanes of at least 4 members (excludes halogenated alkanes) is 3. The lowest BCUT2D eigenvalue weighted by Gasteiger charge is -2.18. The maximum absolute atomic E-state index is 12.3. The highest BCUT2D eigenvalue weighted by Crippen LogP contribution is 2.21. The highest BCUT2D eigenvalue weighted by Gasteiger charge is 2.18. The number of aliphatic hydroxyl groups excluding tert-OH is 2. The fourth-order valence-electron chi connectivity index (χ4n) is 3.73. The SMILES string of the molecule is CCCCCC[C@@H](O)[C@@H](O)c1ccc(Cn2cc(CNC(=O)c3ccc(S(N)(=O)=O)cc3)nn2)cc1. The second kappa shape index (κ2) is 12.7. The first kappa shape index (κ1) is 27.5. The normalized spacial score (nSPS) is 13.3. The van der Waals surface area contributed by atoms with Crippen molar-refractivity contribution in [3.8, 4) is 0 Å². The molecule has 36 heavy (non-hydrogen) atoms. The lowest BCUT2D eigenvalue weighted by atomic mass is 9.98. The fourth-order valence-corrected chi connectivity index (χ4v) is 4.25. The molecular formula is C25H33N5O5S. The molecule has 5 N–H and O–H groups in total. The van der Waals surface area contributed by atoms with Gasteiger partial charge in [0.05, 0.1) is 30.3 Å². The Morgan fingerprint density at radius 3 is 2.39 bits per heavy atom. The Bertz CT molecular complexity index is 1230. The molecule has 0 aliphatic rings. The maximum atomic E-state index is 12.3. The summed E-state index contributed by atoms with van der Waals surface area (Å²) in [6.07, 6.45) is 4.79. The van der Waals surface area contributed by atoms with Gasteiger partial charge in [-0.15, -0.1) is 5.10 Å². The van der Waals surface area contributed by atoms with Gasteiger partial charge in [-0.05, 0) is 41.8 Å². The van der Waals surface area contributed by atoms with Crippen molar-refractivity contribution in [2.75, 3.05) is 0 Å². The number of aromatic nitrogens is 3. The smallest absolute Gasteiger partial charge is 0.251 e. The second-order valence-corrected chi connectivity index (χ2v) is 10.3. The minimum absolute atomic E-state index is 0.0666. The van der Waals surface area contributed by atoms with Gasteiger partial charge >= 0.3 is 0 Å². The lowest BCUT2D eigenvalue weighted by Crippen LogP contribution is -2.23. The van der Waals surface area contributed by atoms with E-state index in [0.29, 0.717) is 29.8 Å². The minimum Gasteiger partial charge on any atom is -0.390 e. The van der Waals surface area contributed by atoms with Gasteiger partial charge in [-0.2, -0.15) is 0 Å². The zero-order valence-electron chi connectivity index (χ0n) is 20.2. The predicted octanol–water partition coefficient (Wildman–Crippen LogP) is 2.27. The van der Waals surface area contributed by atoms with Crippen LogP contribution in [0.5, 0.6) is 0 Å². The molecule has 2 aromatic carbocycles. The van der Waals surface area contributed by atoms with Crippen LogP contribution in [0.4, 0.5) is 0 Å². The third kappa shape index (κ3) is 7.95. The number of amides is 1. The first-order chi connectivity index (χ1) is 17.2. The average molecular weight is 516 g/mol. The Kier molecular flexibility index (Phi) is 9.71. The maximum Gasteiger partial charge on any atom is 0.251 e. The molecule has 1 heterocycles. The van der Waals surface area contributed by atoms with Crippen molar-refractivity contribution in [2.45, 2.75) is 69.2 Å². The van der Waals surface area contributed by atoms with Gasteiger partial charge in [-0.1, -0.05) is 62.1 Å². The van der Waals surface area contributed by atoms with E-state index in [1.54, 1.807) is 23.0 Å². The van der Waals surface area contributed by atoms with Crippen LogP contribution in [-0.2, 0) is 23.1 Å². The van der Waals surface area contributed by atoms with Gasteiger partial charge in [0, 0.05) is 5.56 Å². The van der Waals surface area contributed by atoms with E-state index < -0.39 is 22.2 Å². The monoisotopic (exact) mass is 515 g/mol. The van der Waals surface area contributed by atoms with Crippen LogP contribution >= 0.6 is 0 Å². The van der Waals surface area contributed by atoms with Crippen molar-refractivity contribution < 1.29 is 23.4 Å². The molecule has 2 atom stereocenters. The number of benzene rings is 2. The second-order valence-electron chi connectivity index (χ2n) is 8.76. The summed E-state index contributed by atoms with van der Waals surface area (Å²) < 4.78 is 24.3. The number of rotatable bonds is 13. The van der Waals surface area contributed by atoms with Crippen LogP contribution in [0.15, 0.2) is 59.6 Å². The van der Waals surface area contributed by atoms with Crippen molar-refractivity contribution >= 4 is 15.9 Å². The summed E-state index contributed by atoms with van der Waals surface area (Å²) in [5.74, 6) is -0.382. The number of nitrogens with one attached hydrogen (secondary N) is 1. The molecule has 0 fully saturated rings. The number of carbonyl (C=O) groups excluding carboxylic acids is 1. The first-order valence-corrected chi connectivity index (χ1v) is 13.5. The Labute approximate surface area is 211 Å². The molecule has 0 aliphatic carbocycles. The lowest BCUT2D eigenvalue weighted by molar-refractivity contribution is 0.0120. The van der Waals surface area contributed by atoms with Gasteiger partial charge in [0.15, 0.2) is 0 Å². The average Bonchev–Trinajstić information content (AvgIpc) is 3.31. The molecule has 0 radical (unpaired) electrons. The van der Waals surface area contributed by atoms with E-state index in [-0.39, 0.29) is 17.3 Å². The van der Waals surface area contributed by atoms with Crippen LogP contribution in [0.2, 0.25) is 0 Å². The number of nitrogens with two attached hydrogens (primary N) is 1. The number of nitrogens with zero attached hydrogens (tertiary/aromatic N) is 3. The van der Waals surface area contributed by atoms with E-state index in [4.69, 9.17) is 5.14 Å². The molecule has 0 unspecified atom stereocenters. The van der Waals surface area contributed by atoms with E-state index in [1.807, 2.05) is 12.1 Å². The van der Waals surface area contributed by atoms with Gasteiger partial charge in [-0.25, -0.2) is 18.2 Å². The van der Waals surface area contributed by atoms with Crippen molar-refractivity contribution in [2.24, 2.45) is 5.14 Å². The Balaban J connectivity index is 1.49. The van der Waals surface area contributed by atoms with Crippen molar-refractivity contribution in [3.05, 3.63) is 77.1 Å². The van der Waals surface area contributed by atoms with Crippen molar-refractivity contribution in [1.29, 1.82) is 0 Å². The Morgan fingerprint density at radius 2 is 1.75 bits per heavy atom. The quantitative estimate of drug-likeness (QED) is 0.254. The summed E-state index contributed by atoms with van der Waals surface area (Å²) >= 11 is 0. The summed E-state index contributed by atoms with van der Waals surface area (Å²) in [6, 6.07) is 12.7. The molecule has 1 amide bonds. The van der Waals surface area contributed by atoms with Gasteiger partial charge in [0.1, 0.15) is 11.8 Å². The summed E-state index contributed by atoms with van der Waals surface area (Å²) in [6.45, 7) is 2.73. The predicted molar refractivity (Wildman–Crippen MR) is 134 cm³/mol. The van der Waals surface area contributed by atoms with Crippen molar-refractivity contribution in [1.82, 2.24) is 20.3 Å². The molecule has 3 rings (SSSR count). The van der Waals surface area contributed by atoms with Crippen LogP contribution in [0.1, 0.15) is 72.3 Å².